The molecule has 0 spiro atoms. The summed E-state index contributed by atoms with van der Waals surface area (Å²) in [7, 11) is 0. The third-order valence-electron chi connectivity index (χ3n) is 0.725. The molecule has 0 heterocycles. The van der Waals surface area contributed by atoms with E-state index < -0.39 is 25.0 Å². The van der Waals surface area contributed by atoms with E-state index in [0.29, 0.717) is 12.4 Å². The summed E-state index contributed by atoms with van der Waals surface area (Å²) in [5.41, 5.74) is 0. The summed E-state index contributed by atoms with van der Waals surface area (Å²) in [5.74, 6) is 0.508. The second-order valence-corrected chi connectivity index (χ2v) is 5.69. The molecule has 0 saturated heterocycles. The number of aliphatic hydroxyl groups excluding tert-OH is 1. The molecule has 1 unspecified atom stereocenters. The maximum absolute atomic E-state index is 8.82. The topological polar surface area (TPSA) is 29.5 Å². The van der Waals surface area contributed by atoms with Crippen molar-refractivity contribution in [3.05, 3.63) is 0 Å². The van der Waals surface area contributed by atoms with E-state index in [2.05, 4.69) is 17.1 Å². The molecule has 2 nitrogen and oxygen atoms in total. The molecule has 0 aliphatic carbocycles. The first kappa shape index (κ1) is 9.21. The summed E-state index contributed by atoms with van der Waals surface area (Å²) < 4.78 is 7.23. The molecule has 0 aromatic heterocycles. The Morgan fingerprint density at radius 1 is 1.88 bits per heavy atom. The number of rotatable bonds is 4. The van der Waals surface area contributed by atoms with Crippen LogP contribution in [0.3, 0.4) is 0 Å². The van der Waals surface area contributed by atoms with Gasteiger partial charge in [-0.05, 0) is 0 Å². The zero-order chi connectivity index (χ0) is 6.41. The van der Waals surface area contributed by atoms with Crippen LogP contribution < -0.4 is 0 Å². The van der Waals surface area contributed by atoms with Gasteiger partial charge in [0.2, 0.25) is 0 Å². The molecule has 0 rings (SSSR count). The standard InChI is InChI=1S/C3H7O2S.CH3.Hg/c4-1-3(5)2-6;;/h3,5-6H,1-2H2;1H3;/q-1;;+1. The fourth-order valence-electron chi connectivity index (χ4n) is 0.307. The van der Waals surface area contributed by atoms with Gasteiger partial charge in [-0.15, -0.1) is 0 Å². The van der Waals surface area contributed by atoms with Crippen LogP contribution in [-0.2, 0) is 27.7 Å². The molecule has 0 radical (unpaired) electrons. The molecule has 1 N–H and O–H groups in total. The van der Waals surface area contributed by atoms with E-state index in [-0.39, 0.29) is 6.10 Å². The van der Waals surface area contributed by atoms with Crippen LogP contribution in [0.1, 0.15) is 0 Å². The Bertz CT molecular complexity index is 53.3. The normalized spacial score (nSPS) is 12.9. The van der Waals surface area contributed by atoms with Crippen molar-refractivity contribution < 1.29 is 32.8 Å². The fraction of sp³-hybridized carbons (Fsp3) is 1.00. The molecular formula is C4H10HgO2S. The molecule has 0 aromatic rings. The molecule has 0 aliphatic heterocycles. The van der Waals surface area contributed by atoms with Crippen LogP contribution in [0.2, 0.25) is 4.43 Å². The van der Waals surface area contributed by atoms with Gasteiger partial charge in [0, 0.05) is 0 Å². The number of aliphatic hydroxyl groups is 1. The first-order chi connectivity index (χ1) is 3.81. The minimum atomic E-state index is -0.926. The van der Waals surface area contributed by atoms with Crippen molar-refractivity contribution in [1.82, 2.24) is 0 Å². The van der Waals surface area contributed by atoms with Crippen LogP contribution >= 0.6 is 12.6 Å². The van der Waals surface area contributed by atoms with E-state index in [1.165, 1.54) is 0 Å². The quantitative estimate of drug-likeness (QED) is 0.577. The van der Waals surface area contributed by atoms with Gasteiger partial charge < -0.3 is 0 Å². The minimum absolute atomic E-state index is 0.349. The summed E-state index contributed by atoms with van der Waals surface area (Å²) in [6.45, 7) is 0.502. The van der Waals surface area contributed by atoms with Crippen molar-refractivity contribution >= 4 is 12.6 Å². The Kier molecular flexibility index (Phi) is 7.28. The molecule has 0 amide bonds. The summed E-state index contributed by atoms with van der Waals surface area (Å²) in [4.78, 5) is 0. The van der Waals surface area contributed by atoms with Gasteiger partial charge in [-0.3, -0.25) is 0 Å². The number of hydrogen-bond donors (Lipinski definition) is 2. The van der Waals surface area contributed by atoms with Gasteiger partial charge in [-0.25, -0.2) is 0 Å². The molecule has 0 saturated carbocycles. The monoisotopic (exact) mass is 324 g/mol. The van der Waals surface area contributed by atoms with Crippen molar-refractivity contribution in [3.63, 3.8) is 0 Å². The van der Waals surface area contributed by atoms with Crippen molar-refractivity contribution in [1.29, 1.82) is 0 Å². The predicted octanol–water partition coefficient (Wildman–Crippen LogP) is 0.339. The van der Waals surface area contributed by atoms with E-state index in [0.717, 1.165) is 0 Å². The summed E-state index contributed by atoms with van der Waals surface area (Å²) in [5, 5.41) is 8.82. The maximum atomic E-state index is 8.82. The van der Waals surface area contributed by atoms with Gasteiger partial charge in [-0.1, -0.05) is 0 Å². The van der Waals surface area contributed by atoms with E-state index in [4.69, 9.17) is 7.75 Å². The molecule has 0 bridgehead atoms. The van der Waals surface area contributed by atoms with Crippen molar-refractivity contribution in [3.8, 4) is 0 Å². The SMILES string of the molecule is [CH3][Hg][O]CC(O)CS. The molecular weight excluding hydrogens is 313 g/mol. The average Bonchev–Trinajstić information content (AvgIpc) is 1.83. The van der Waals surface area contributed by atoms with Crippen molar-refractivity contribution in [2.24, 2.45) is 0 Å². The van der Waals surface area contributed by atoms with E-state index in [9.17, 15) is 0 Å². The van der Waals surface area contributed by atoms with Gasteiger partial charge in [0.25, 0.3) is 0 Å². The Balaban J connectivity index is 2.86. The third kappa shape index (κ3) is 5.34. The number of thiol groups is 1. The van der Waals surface area contributed by atoms with E-state index >= 15 is 0 Å². The Morgan fingerprint density at radius 3 is 2.88 bits per heavy atom. The molecule has 0 aromatic carbocycles. The fourth-order valence-corrected chi connectivity index (χ4v) is 2.39. The zero-order valence-electron chi connectivity index (χ0n) is 5.00. The van der Waals surface area contributed by atoms with Gasteiger partial charge in [0.1, 0.15) is 0 Å². The van der Waals surface area contributed by atoms with Crippen LogP contribution in [0.15, 0.2) is 0 Å². The van der Waals surface area contributed by atoms with E-state index in [1.807, 2.05) is 0 Å². The summed E-state index contributed by atoms with van der Waals surface area (Å²) >= 11 is 2.96. The van der Waals surface area contributed by atoms with Gasteiger partial charge in [-0.2, -0.15) is 0 Å². The van der Waals surface area contributed by atoms with Gasteiger partial charge >= 0.3 is 68.3 Å². The first-order valence-electron chi connectivity index (χ1n) is 2.68. The van der Waals surface area contributed by atoms with Crippen LogP contribution in [0.4, 0.5) is 0 Å². The third-order valence-corrected chi connectivity index (χ3v) is 3.65. The molecule has 4 heteroatoms. The van der Waals surface area contributed by atoms with E-state index in [1.54, 1.807) is 0 Å². The van der Waals surface area contributed by atoms with Crippen molar-refractivity contribution in [2.45, 2.75) is 10.5 Å². The van der Waals surface area contributed by atoms with Crippen LogP contribution in [0.5, 0.6) is 0 Å². The summed E-state index contributed by atoms with van der Waals surface area (Å²) in [6.07, 6.45) is -0.349. The number of hydrogen-bond acceptors (Lipinski definition) is 3. The first-order valence-corrected chi connectivity index (χ1v) is 11.1. The van der Waals surface area contributed by atoms with Gasteiger partial charge in [0.05, 0.1) is 0 Å². The van der Waals surface area contributed by atoms with Crippen LogP contribution in [-0.4, -0.2) is 23.6 Å². The zero-order valence-corrected chi connectivity index (χ0v) is 11.4. The molecule has 0 fully saturated rings. The molecule has 46 valence electrons. The Hall–Kier alpha value is 1.21. The summed E-state index contributed by atoms with van der Waals surface area (Å²) in [6, 6.07) is 0. The second kappa shape index (κ2) is 6.33. The Morgan fingerprint density at radius 2 is 2.50 bits per heavy atom. The molecule has 1 atom stereocenters. The Labute approximate surface area is 68.1 Å². The average molecular weight is 323 g/mol. The second-order valence-electron chi connectivity index (χ2n) is 1.50. The van der Waals surface area contributed by atoms with Gasteiger partial charge in [0.15, 0.2) is 0 Å². The molecule has 8 heavy (non-hydrogen) atoms. The predicted molar refractivity (Wildman–Crippen MR) is 31.7 cm³/mol. The van der Waals surface area contributed by atoms with Crippen LogP contribution in [0, 0.1) is 0 Å². The van der Waals surface area contributed by atoms with Crippen molar-refractivity contribution in [2.75, 3.05) is 12.4 Å². The van der Waals surface area contributed by atoms with Crippen LogP contribution in [0.25, 0.3) is 0 Å². The molecule has 0 aliphatic rings.